The molecule has 0 aliphatic carbocycles. The third kappa shape index (κ3) is 3.11. The molecule has 0 aliphatic rings. The van der Waals surface area contributed by atoms with Gasteiger partial charge in [0.1, 0.15) is 25.8 Å². The summed E-state index contributed by atoms with van der Waals surface area (Å²) in [6, 6.07) is 12.8. The fraction of sp³-hybridized carbons (Fsp3) is 0.214. The number of aliphatic hydroxyl groups is 1. The van der Waals surface area contributed by atoms with Gasteiger partial charge < -0.3 is 9.84 Å². The third-order valence-corrected chi connectivity index (χ3v) is 2.67. The first kappa shape index (κ1) is 12.6. The van der Waals surface area contributed by atoms with E-state index in [9.17, 15) is 5.11 Å². The van der Waals surface area contributed by atoms with Gasteiger partial charge in [-0.3, -0.25) is 4.98 Å². The first-order valence-electron chi connectivity index (χ1n) is 5.70. The number of pyridine rings is 1. The number of hydrogen-bond acceptors (Lipinski definition) is 3. The summed E-state index contributed by atoms with van der Waals surface area (Å²) >= 11 is 0. The van der Waals surface area contributed by atoms with E-state index in [0.29, 0.717) is 11.3 Å². The van der Waals surface area contributed by atoms with Crippen molar-refractivity contribution in [3.63, 3.8) is 0 Å². The van der Waals surface area contributed by atoms with Crippen molar-refractivity contribution >= 4 is 13.4 Å². The zero-order valence-corrected chi connectivity index (χ0v) is 10.2. The lowest BCUT2D eigenvalue weighted by atomic mass is 9.97. The summed E-state index contributed by atoms with van der Waals surface area (Å²) in [5, 5.41) is 10.3. The smallest absolute Gasteiger partial charge is 0.141 e. The minimum absolute atomic E-state index is 0.155. The molecule has 2 radical (unpaired) electrons. The van der Waals surface area contributed by atoms with Crippen molar-refractivity contribution in [2.45, 2.75) is 12.5 Å². The lowest BCUT2D eigenvalue weighted by Gasteiger charge is -2.23. The topological polar surface area (TPSA) is 42.4 Å². The molecular formula is C14H14BNO2. The van der Waals surface area contributed by atoms with Crippen LogP contribution in [0, 0.1) is 0 Å². The molecule has 0 bridgehead atoms. The predicted molar refractivity (Wildman–Crippen MR) is 71.1 cm³/mol. The minimum atomic E-state index is -1.04. The second-order valence-electron chi connectivity index (χ2n) is 4.35. The van der Waals surface area contributed by atoms with Gasteiger partial charge in [-0.2, -0.15) is 0 Å². The molecule has 1 N–H and O–H groups in total. The quantitative estimate of drug-likeness (QED) is 0.814. The van der Waals surface area contributed by atoms with Crippen molar-refractivity contribution in [1.82, 2.24) is 4.98 Å². The SMILES string of the molecule is [B]c1ccc(OCC(C)(O)c2ccccc2)cn1. The highest BCUT2D eigenvalue weighted by Gasteiger charge is 2.23. The van der Waals surface area contributed by atoms with Gasteiger partial charge in [-0.05, 0) is 30.2 Å². The standard InChI is InChI=1S/C14H14BNO2/c1-14(17,11-5-3-2-4-6-11)10-18-12-7-8-13(15)16-9-12/h2-9,17H,10H2,1H3. The van der Waals surface area contributed by atoms with Crippen LogP contribution in [0.15, 0.2) is 48.7 Å². The molecule has 1 heterocycles. The number of nitrogens with zero attached hydrogens (tertiary/aromatic N) is 1. The summed E-state index contributed by atoms with van der Waals surface area (Å²) in [4.78, 5) is 3.92. The average molecular weight is 239 g/mol. The van der Waals surface area contributed by atoms with E-state index in [0.717, 1.165) is 5.56 Å². The van der Waals surface area contributed by atoms with Crippen molar-refractivity contribution in [1.29, 1.82) is 0 Å². The normalized spacial score (nSPS) is 13.9. The zero-order valence-electron chi connectivity index (χ0n) is 10.2. The minimum Gasteiger partial charge on any atom is -0.489 e. The van der Waals surface area contributed by atoms with E-state index < -0.39 is 5.60 Å². The summed E-state index contributed by atoms with van der Waals surface area (Å²) in [5.74, 6) is 0.584. The molecule has 1 unspecified atom stereocenters. The van der Waals surface area contributed by atoms with Crippen LogP contribution in [0.5, 0.6) is 5.75 Å². The van der Waals surface area contributed by atoms with Crippen molar-refractivity contribution < 1.29 is 9.84 Å². The van der Waals surface area contributed by atoms with Crippen LogP contribution < -0.4 is 10.3 Å². The average Bonchev–Trinajstić information content (AvgIpc) is 2.39. The molecule has 0 spiro atoms. The van der Waals surface area contributed by atoms with Gasteiger partial charge in [0.2, 0.25) is 0 Å². The van der Waals surface area contributed by atoms with E-state index in [1.165, 1.54) is 6.20 Å². The maximum absolute atomic E-state index is 10.3. The van der Waals surface area contributed by atoms with Crippen LogP contribution in [-0.2, 0) is 5.60 Å². The Balaban J connectivity index is 2.03. The van der Waals surface area contributed by atoms with E-state index in [1.54, 1.807) is 19.1 Å². The number of hydrogen-bond donors (Lipinski definition) is 1. The monoisotopic (exact) mass is 239 g/mol. The van der Waals surface area contributed by atoms with Gasteiger partial charge in [-0.15, -0.1) is 0 Å². The predicted octanol–water partition coefficient (Wildman–Crippen LogP) is 1.16. The second-order valence-corrected chi connectivity index (χ2v) is 4.35. The van der Waals surface area contributed by atoms with Crippen LogP contribution in [0.2, 0.25) is 0 Å². The number of aromatic nitrogens is 1. The molecule has 1 aromatic heterocycles. The molecule has 1 aromatic carbocycles. The summed E-state index contributed by atoms with van der Waals surface area (Å²) in [6.45, 7) is 1.87. The van der Waals surface area contributed by atoms with Gasteiger partial charge in [-0.1, -0.05) is 30.3 Å². The molecule has 4 heteroatoms. The molecule has 0 amide bonds. The molecule has 0 fully saturated rings. The van der Waals surface area contributed by atoms with Crippen LogP contribution in [-0.4, -0.2) is 24.5 Å². The van der Waals surface area contributed by atoms with Crippen molar-refractivity contribution in [2.75, 3.05) is 6.61 Å². The van der Waals surface area contributed by atoms with Crippen LogP contribution in [0.3, 0.4) is 0 Å². The Kier molecular flexibility index (Phi) is 3.67. The Morgan fingerprint density at radius 1 is 1.22 bits per heavy atom. The maximum atomic E-state index is 10.3. The van der Waals surface area contributed by atoms with Gasteiger partial charge in [0.25, 0.3) is 0 Å². The number of ether oxygens (including phenoxy) is 1. The molecule has 2 rings (SSSR count). The summed E-state index contributed by atoms with van der Waals surface area (Å²) < 4.78 is 5.51. The Morgan fingerprint density at radius 3 is 2.56 bits per heavy atom. The van der Waals surface area contributed by atoms with Gasteiger partial charge in [0.15, 0.2) is 0 Å². The highest BCUT2D eigenvalue weighted by atomic mass is 16.5. The summed E-state index contributed by atoms with van der Waals surface area (Å²) in [6.07, 6.45) is 1.54. The molecule has 0 saturated carbocycles. The van der Waals surface area contributed by atoms with Gasteiger partial charge in [0.05, 0.1) is 6.20 Å². The molecule has 0 saturated heterocycles. The van der Waals surface area contributed by atoms with Crippen LogP contribution in [0.1, 0.15) is 12.5 Å². The van der Waals surface area contributed by atoms with Gasteiger partial charge in [-0.25, -0.2) is 0 Å². The summed E-state index contributed by atoms with van der Waals surface area (Å²) in [7, 11) is 5.48. The highest BCUT2D eigenvalue weighted by molar-refractivity contribution is 6.30. The Morgan fingerprint density at radius 2 is 1.94 bits per heavy atom. The zero-order chi connectivity index (χ0) is 13.0. The molecule has 0 aliphatic heterocycles. The van der Waals surface area contributed by atoms with E-state index in [1.807, 2.05) is 30.3 Å². The largest absolute Gasteiger partial charge is 0.489 e. The maximum Gasteiger partial charge on any atom is 0.141 e. The van der Waals surface area contributed by atoms with Crippen molar-refractivity contribution in [2.24, 2.45) is 0 Å². The van der Waals surface area contributed by atoms with E-state index in [4.69, 9.17) is 12.6 Å². The van der Waals surface area contributed by atoms with Crippen LogP contribution in [0.4, 0.5) is 0 Å². The Labute approximate surface area is 108 Å². The van der Waals surface area contributed by atoms with E-state index >= 15 is 0 Å². The van der Waals surface area contributed by atoms with Crippen molar-refractivity contribution in [3.8, 4) is 5.75 Å². The molecule has 3 nitrogen and oxygen atoms in total. The Bertz CT molecular complexity index is 497. The highest BCUT2D eigenvalue weighted by Crippen LogP contribution is 2.21. The fourth-order valence-electron chi connectivity index (χ4n) is 1.58. The van der Waals surface area contributed by atoms with Gasteiger partial charge >= 0.3 is 0 Å². The number of rotatable bonds is 4. The number of benzene rings is 1. The molecule has 90 valence electrons. The van der Waals surface area contributed by atoms with Crippen LogP contribution in [0.25, 0.3) is 0 Å². The first-order chi connectivity index (χ1) is 8.58. The fourth-order valence-corrected chi connectivity index (χ4v) is 1.58. The second kappa shape index (κ2) is 5.23. The van der Waals surface area contributed by atoms with Crippen LogP contribution >= 0.6 is 0 Å². The Hall–Kier alpha value is -1.81. The molecule has 2 aromatic rings. The lowest BCUT2D eigenvalue weighted by Crippen LogP contribution is -2.29. The van der Waals surface area contributed by atoms with E-state index in [-0.39, 0.29) is 6.61 Å². The molecular weight excluding hydrogens is 225 g/mol. The van der Waals surface area contributed by atoms with Crippen molar-refractivity contribution in [3.05, 3.63) is 54.2 Å². The van der Waals surface area contributed by atoms with Gasteiger partial charge in [0, 0.05) is 0 Å². The summed E-state index contributed by atoms with van der Waals surface area (Å²) in [5.41, 5.74) is 0.216. The van der Waals surface area contributed by atoms with E-state index in [2.05, 4.69) is 4.98 Å². The molecule has 18 heavy (non-hydrogen) atoms. The third-order valence-electron chi connectivity index (χ3n) is 2.67. The lowest BCUT2D eigenvalue weighted by molar-refractivity contribution is 0.00750. The molecule has 1 atom stereocenters. The first-order valence-corrected chi connectivity index (χ1v) is 5.70.